The molecule has 0 fully saturated rings. The number of anilines is 2. The van der Waals surface area contributed by atoms with Crippen molar-refractivity contribution in [3.05, 3.63) is 89.5 Å². The molecule has 0 heterocycles. The highest BCUT2D eigenvalue weighted by Crippen LogP contribution is 2.47. The first-order valence-corrected chi connectivity index (χ1v) is 9.55. The fourth-order valence-corrected chi connectivity index (χ4v) is 3.78. The first kappa shape index (κ1) is 18.2. The first-order chi connectivity index (χ1) is 12.4. The van der Waals surface area contributed by atoms with E-state index in [-0.39, 0.29) is 0 Å². The predicted octanol–water partition coefficient (Wildman–Crippen LogP) is 6.33. The van der Waals surface area contributed by atoms with Crippen LogP contribution < -0.4 is 14.7 Å². The van der Waals surface area contributed by atoms with Crippen LogP contribution in [0.2, 0.25) is 5.02 Å². The van der Waals surface area contributed by atoms with Gasteiger partial charge in [0, 0.05) is 16.4 Å². The Morgan fingerprint density at radius 1 is 0.731 bits per heavy atom. The molecule has 0 unspecified atom stereocenters. The van der Waals surface area contributed by atoms with E-state index in [1.54, 1.807) is 24.3 Å². The van der Waals surface area contributed by atoms with Crippen LogP contribution in [0.4, 0.5) is 20.2 Å². The van der Waals surface area contributed by atoms with Crippen molar-refractivity contribution in [1.29, 1.82) is 0 Å². The topological polar surface area (TPSA) is 50.4 Å². The van der Waals surface area contributed by atoms with Gasteiger partial charge in [0.25, 0.3) is 0 Å². The van der Waals surface area contributed by atoms with Gasteiger partial charge in [-0.15, -0.1) is 0 Å². The van der Waals surface area contributed by atoms with Gasteiger partial charge in [-0.05, 0) is 72.8 Å². The SMILES string of the molecule is O=P(Nc1ccc(F)cc1)(Nc1ccc(F)cc1)Oc1ccc(Cl)cc1. The van der Waals surface area contributed by atoms with Crippen molar-refractivity contribution in [3.8, 4) is 5.75 Å². The van der Waals surface area contributed by atoms with E-state index in [2.05, 4.69) is 10.2 Å². The molecule has 3 aromatic rings. The van der Waals surface area contributed by atoms with Crippen LogP contribution in [0.25, 0.3) is 0 Å². The number of halogens is 3. The summed E-state index contributed by atoms with van der Waals surface area (Å²) in [6.45, 7) is 0. The van der Waals surface area contributed by atoms with Gasteiger partial charge >= 0.3 is 7.67 Å². The molecule has 2 N–H and O–H groups in total. The summed E-state index contributed by atoms with van der Waals surface area (Å²) in [6, 6.07) is 17.0. The first-order valence-electron chi connectivity index (χ1n) is 7.55. The van der Waals surface area contributed by atoms with Crippen molar-refractivity contribution in [2.24, 2.45) is 0 Å². The van der Waals surface area contributed by atoms with E-state index in [4.69, 9.17) is 16.1 Å². The molecule has 3 rings (SSSR count). The van der Waals surface area contributed by atoms with E-state index in [0.29, 0.717) is 22.1 Å². The molecular formula is C18H14ClF2N2O2P. The lowest BCUT2D eigenvalue weighted by Gasteiger charge is -2.22. The molecule has 0 saturated carbocycles. The second kappa shape index (κ2) is 7.77. The highest BCUT2D eigenvalue weighted by atomic mass is 35.5. The zero-order valence-corrected chi connectivity index (χ0v) is 15.0. The van der Waals surface area contributed by atoms with Crippen molar-refractivity contribution < 1.29 is 17.9 Å². The Morgan fingerprint density at radius 2 is 1.15 bits per heavy atom. The van der Waals surface area contributed by atoms with Gasteiger partial charge in [-0.25, -0.2) is 13.3 Å². The molecule has 4 nitrogen and oxygen atoms in total. The molecule has 134 valence electrons. The van der Waals surface area contributed by atoms with Crippen LogP contribution in [0.3, 0.4) is 0 Å². The van der Waals surface area contributed by atoms with E-state index in [1.807, 2.05) is 0 Å². The van der Waals surface area contributed by atoms with Gasteiger partial charge in [-0.3, -0.25) is 10.2 Å². The number of hydrogen-bond acceptors (Lipinski definition) is 2. The summed E-state index contributed by atoms with van der Waals surface area (Å²) >= 11 is 5.85. The summed E-state index contributed by atoms with van der Waals surface area (Å²) in [4.78, 5) is 0. The van der Waals surface area contributed by atoms with E-state index in [0.717, 1.165) is 0 Å². The van der Waals surface area contributed by atoms with Crippen LogP contribution in [-0.4, -0.2) is 0 Å². The number of nitrogens with one attached hydrogen (secondary N) is 2. The van der Waals surface area contributed by atoms with Gasteiger partial charge in [0.1, 0.15) is 17.4 Å². The quantitative estimate of drug-likeness (QED) is 0.480. The van der Waals surface area contributed by atoms with E-state index >= 15 is 0 Å². The molecule has 8 heteroatoms. The largest absolute Gasteiger partial charge is 0.444 e. The Morgan fingerprint density at radius 3 is 1.58 bits per heavy atom. The molecule has 0 aliphatic carbocycles. The van der Waals surface area contributed by atoms with Crippen molar-refractivity contribution in [1.82, 2.24) is 0 Å². The monoisotopic (exact) mass is 394 g/mol. The average molecular weight is 395 g/mol. The van der Waals surface area contributed by atoms with Crippen LogP contribution in [-0.2, 0) is 4.57 Å². The zero-order valence-electron chi connectivity index (χ0n) is 13.3. The molecule has 0 amide bonds. The van der Waals surface area contributed by atoms with Gasteiger partial charge in [-0.2, -0.15) is 0 Å². The second-order valence-corrected chi connectivity index (χ2v) is 7.50. The maximum Gasteiger partial charge on any atom is 0.444 e. The summed E-state index contributed by atoms with van der Waals surface area (Å²) in [5.74, 6) is -0.534. The molecular weight excluding hydrogens is 381 g/mol. The molecule has 26 heavy (non-hydrogen) atoms. The van der Waals surface area contributed by atoms with Crippen LogP contribution >= 0.6 is 19.3 Å². The lowest BCUT2D eigenvalue weighted by atomic mass is 10.3. The smallest absolute Gasteiger partial charge is 0.414 e. The van der Waals surface area contributed by atoms with Crippen LogP contribution in [0, 0.1) is 11.6 Å². The highest BCUT2D eigenvalue weighted by Gasteiger charge is 2.25. The number of hydrogen-bond donors (Lipinski definition) is 2. The summed E-state index contributed by atoms with van der Waals surface area (Å²) < 4.78 is 45.1. The summed E-state index contributed by atoms with van der Waals surface area (Å²) in [7, 11) is -3.72. The fraction of sp³-hybridized carbons (Fsp3) is 0. The van der Waals surface area contributed by atoms with Crippen molar-refractivity contribution in [2.75, 3.05) is 10.2 Å². The van der Waals surface area contributed by atoms with E-state index in [9.17, 15) is 13.3 Å². The third-order valence-corrected chi connectivity index (χ3v) is 5.11. The minimum atomic E-state index is -3.72. The Hall–Kier alpha value is -2.56. The zero-order chi connectivity index (χ0) is 18.6. The molecule has 0 atom stereocenters. The minimum Gasteiger partial charge on any atom is -0.414 e. The van der Waals surface area contributed by atoms with Gasteiger partial charge in [0.05, 0.1) is 0 Å². The maximum atomic E-state index is 13.3. The van der Waals surface area contributed by atoms with Crippen LogP contribution in [0.5, 0.6) is 5.75 Å². The Balaban J connectivity index is 1.88. The lowest BCUT2D eigenvalue weighted by molar-refractivity contribution is 0.493. The lowest BCUT2D eigenvalue weighted by Crippen LogP contribution is -2.12. The van der Waals surface area contributed by atoms with Crippen molar-refractivity contribution >= 4 is 30.6 Å². The Labute approximate surface area is 154 Å². The molecule has 0 spiro atoms. The van der Waals surface area contributed by atoms with Crippen molar-refractivity contribution in [3.63, 3.8) is 0 Å². The second-order valence-electron chi connectivity index (χ2n) is 5.33. The fourth-order valence-electron chi connectivity index (χ4n) is 2.11. The molecule has 0 aliphatic rings. The average Bonchev–Trinajstić information content (AvgIpc) is 2.61. The Kier molecular flexibility index (Phi) is 5.45. The third kappa shape index (κ3) is 4.97. The molecule has 0 aromatic heterocycles. The maximum absolute atomic E-state index is 13.3. The predicted molar refractivity (Wildman–Crippen MR) is 99.7 cm³/mol. The van der Waals surface area contributed by atoms with Gasteiger partial charge in [0.2, 0.25) is 0 Å². The molecule has 0 bridgehead atoms. The van der Waals surface area contributed by atoms with Crippen molar-refractivity contribution in [2.45, 2.75) is 0 Å². The summed E-state index contributed by atoms with van der Waals surface area (Å²) in [5, 5.41) is 5.98. The normalized spacial score (nSPS) is 11.0. The minimum absolute atomic E-state index is 0.307. The molecule has 0 aliphatic heterocycles. The molecule has 0 radical (unpaired) electrons. The van der Waals surface area contributed by atoms with Gasteiger partial charge < -0.3 is 4.52 Å². The molecule has 3 aromatic carbocycles. The van der Waals surface area contributed by atoms with Crippen LogP contribution in [0.15, 0.2) is 72.8 Å². The molecule has 0 saturated heterocycles. The number of benzene rings is 3. The van der Waals surface area contributed by atoms with Crippen LogP contribution in [0.1, 0.15) is 0 Å². The standard InChI is InChI=1S/C18H14ClF2N2O2P/c19-13-1-11-18(12-2-13)25-26(24,22-16-7-3-14(20)4-8-16)23-17-9-5-15(21)6-10-17/h1-12H,(H2,22,23,24). The third-order valence-electron chi connectivity index (χ3n) is 3.29. The summed E-state index contributed by atoms with van der Waals surface area (Å²) in [5.41, 5.74) is 0.775. The van der Waals surface area contributed by atoms with Gasteiger partial charge in [-0.1, -0.05) is 11.6 Å². The van der Waals surface area contributed by atoms with E-state index in [1.165, 1.54) is 48.5 Å². The van der Waals surface area contributed by atoms with Gasteiger partial charge in [0.15, 0.2) is 0 Å². The number of rotatable bonds is 6. The summed E-state index contributed by atoms with van der Waals surface area (Å²) in [6.07, 6.45) is 0. The Bertz CT molecular complexity index is 797. The van der Waals surface area contributed by atoms with E-state index < -0.39 is 19.3 Å². The highest BCUT2D eigenvalue weighted by molar-refractivity contribution is 7.62.